The summed E-state index contributed by atoms with van der Waals surface area (Å²) in [5, 5.41) is 10.7. The van der Waals surface area contributed by atoms with Crippen LogP contribution in [0.4, 0.5) is 4.39 Å². The third-order valence-electron chi connectivity index (χ3n) is 3.52. The van der Waals surface area contributed by atoms with Crippen molar-refractivity contribution in [3.05, 3.63) is 35.8 Å². The molecule has 19 heavy (non-hydrogen) atoms. The van der Waals surface area contributed by atoms with Gasteiger partial charge in [-0.05, 0) is 18.6 Å². The Kier molecular flexibility index (Phi) is 2.87. The summed E-state index contributed by atoms with van der Waals surface area (Å²) in [6.45, 7) is 0. The van der Waals surface area contributed by atoms with E-state index >= 15 is 0 Å². The molecule has 1 aliphatic rings. The van der Waals surface area contributed by atoms with E-state index in [4.69, 9.17) is 4.42 Å². The number of hydrogen-bond acceptors (Lipinski definition) is 4. The summed E-state index contributed by atoms with van der Waals surface area (Å²) >= 11 is 0. The van der Waals surface area contributed by atoms with Crippen molar-refractivity contribution in [2.45, 2.75) is 12.5 Å². The van der Waals surface area contributed by atoms with E-state index in [1.165, 1.54) is 6.07 Å². The van der Waals surface area contributed by atoms with Crippen LogP contribution in [0, 0.1) is 11.7 Å². The molecule has 0 amide bonds. The number of para-hydroxylation sites is 1. The van der Waals surface area contributed by atoms with Gasteiger partial charge in [0, 0.05) is 11.3 Å². The Balaban J connectivity index is 1.94. The normalized spacial score (nSPS) is 23.8. The van der Waals surface area contributed by atoms with Crippen LogP contribution in [0.15, 0.2) is 28.7 Å². The minimum Gasteiger partial charge on any atom is -0.455 e. The molecule has 1 N–H and O–H groups in total. The second kappa shape index (κ2) is 4.31. The first-order chi connectivity index (χ1) is 8.96. The first-order valence-corrected chi connectivity index (χ1v) is 7.85. The Bertz CT molecular complexity index is 719. The summed E-state index contributed by atoms with van der Waals surface area (Å²) in [5.74, 6) is -0.609. The van der Waals surface area contributed by atoms with Gasteiger partial charge in [0.1, 0.15) is 11.9 Å². The molecule has 4 nitrogen and oxygen atoms in total. The highest BCUT2D eigenvalue weighted by atomic mass is 32.2. The average Bonchev–Trinajstić information content (AvgIpc) is 2.92. The smallest absolute Gasteiger partial charge is 0.170 e. The number of benzene rings is 1. The Hall–Kier alpha value is -1.40. The Morgan fingerprint density at radius 3 is 2.84 bits per heavy atom. The minimum absolute atomic E-state index is 0.0479. The summed E-state index contributed by atoms with van der Waals surface area (Å²) in [4.78, 5) is 0. The second-order valence-electron chi connectivity index (χ2n) is 4.91. The zero-order chi connectivity index (χ0) is 13.6. The molecule has 102 valence electrons. The minimum atomic E-state index is -3.06. The lowest BCUT2D eigenvalue weighted by Gasteiger charge is -2.13. The third-order valence-corrected chi connectivity index (χ3v) is 5.31. The van der Waals surface area contributed by atoms with Crippen LogP contribution in [0.5, 0.6) is 0 Å². The van der Waals surface area contributed by atoms with E-state index < -0.39 is 21.8 Å². The lowest BCUT2D eigenvalue weighted by atomic mass is 10.00. The molecule has 0 aliphatic carbocycles. The number of aliphatic hydroxyl groups is 1. The molecule has 0 bridgehead atoms. The molecule has 1 aliphatic heterocycles. The van der Waals surface area contributed by atoms with E-state index in [2.05, 4.69) is 0 Å². The summed E-state index contributed by atoms with van der Waals surface area (Å²) in [7, 11) is -3.06. The van der Waals surface area contributed by atoms with Crippen LogP contribution in [-0.2, 0) is 9.84 Å². The van der Waals surface area contributed by atoms with Gasteiger partial charge in [-0.2, -0.15) is 0 Å². The maximum atomic E-state index is 13.5. The molecule has 6 heteroatoms. The molecule has 2 unspecified atom stereocenters. The monoisotopic (exact) mass is 284 g/mol. The number of hydrogen-bond donors (Lipinski definition) is 1. The van der Waals surface area contributed by atoms with Gasteiger partial charge in [-0.1, -0.05) is 12.1 Å². The van der Waals surface area contributed by atoms with Crippen molar-refractivity contribution in [2.75, 3.05) is 11.5 Å². The fourth-order valence-corrected chi connectivity index (χ4v) is 4.33. The predicted molar refractivity (Wildman–Crippen MR) is 67.9 cm³/mol. The maximum absolute atomic E-state index is 13.5. The number of rotatable bonds is 2. The molecule has 1 saturated heterocycles. The molecule has 2 heterocycles. The van der Waals surface area contributed by atoms with Gasteiger partial charge < -0.3 is 9.52 Å². The Morgan fingerprint density at radius 2 is 2.21 bits per heavy atom. The van der Waals surface area contributed by atoms with Crippen LogP contribution in [0.1, 0.15) is 18.3 Å². The van der Waals surface area contributed by atoms with Gasteiger partial charge in [0.05, 0.1) is 11.5 Å². The van der Waals surface area contributed by atoms with Crippen molar-refractivity contribution in [1.82, 2.24) is 0 Å². The summed E-state index contributed by atoms with van der Waals surface area (Å²) in [5.41, 5.74) is 0.0948. The molecule has 0 saturated carbocycles. The first kappa shape index (κ1) is 12.6. The number of furan rings is 1. The van der Waals surface area contributed by atoms with Crippen LogP contribution in [-0.4, -0.2) is 25.0 Å². The summed E-state index contributed by atoms with van der Waals surface area (Å²) < 4.78 is 41.6. The topological polar surface area (TPSA) is 67.5 Å². The Labute approximate surface area is 109 Å². The largest absolute Gasteiger partial charge is 0.455 e. The molecular formula is C13H13FO4S. The molecule has 0 radical (unpaired) electrons. The fourth-order valence-electron chi connectivity index (χ4n) is 2.50. The van der Waals surface area contributed by atoms with E-state index in [0.717, 1.165) is 0 Å². The highest BCUT2D eigenvalue weighted by molar-refractivity contribution is 7.91. The zero-order valence-corrected chi connectivity index (χ0v) is 10.9. The van der Waals surface area contributed by atoms with Crippen molar-refractivity contribution >= 4 is 20.8 Å². The third kappa shape index (κ3) is 2.26. The average molecular weight is 284 g/mol. The molecule has 0 spiro atoms. The van der Waals surface area contributed by atoms with Crippen LogP contribution >= 0.6 is 0 Å². The van der Waals surface area contributed by atoms with Crippen LogP contribution < -0.4 is 0 Å². The molecular weight excluding hydrogens is 271 g/mol. The molecule has 1 aromatic carbocycles. The quantitative estimate of drug-likeness (QED) is 0.916. The molecule has 1 aromatic heterocycles. The summed E-state index contributed by atoms with van der Waals surface area (Å²) in [6, 6.07) is 6.09. The van der Waals surface area contributed by atoms with E-state index in [9.17, 15) is 17.9 Å². The van der Waals surface area contributed by atoms with Crippen molar-refractivity contribution < 1.29 is 22.3 Å². The van der Waals surface area contributed by atoms with Gasteiger partial charge in [-0.15, -0.1) is 0 Å². The lowest BCUT2D eigenvalue weighted by molar-refractivity contribution is 0.0989. The van der Waals surface area contributed by atoms with Gasteiger partial charge in [-0.25, -0.2) is 12.8 Å². The van der Waals surface area contributed by atoms with Crippen LogP contribution in [0.3, 0.4) is 0 Å². The zero-order valence-electron chi connectivity index (χ0n) is 10.0. The number of aliphatic hydroxyl groups excluding tert-OH is 1. The van der Waals surface area contributed by atoms with Crippen molar-refractivity contribution in [2.24, 2.45) is 5.92 Å². The maximum Gasteiger partial charge on any atom is 0.170 e. The van der Waals surface area contributed by atoms with Crippen molar-refractivity contribution in [3.63, 3.8) is 0 Å². The van der Waals surface area contributed by atoms with Crippen LogP contribution in [0.25, 0.3) is 11.0 Å². The van der Waals surface area contributed by atoms with E-state index in [1.54, 1.807) is 18.2 Å². The number of sulfone groups is 1. The van der Waals surface area contributed by atoms with Crippen molar-refractivity contribution in [1.29, 1.82) is 0 Å². The van der Waals surface area contributed by atoms with Gasteiger partial charge in [0.2, 0.25) is 0 Å². The van der Waals surface area contributed by atoms with Crippen molar-refractivity contribution in [3.8, 4) is 0 Å². The standard InChI is InChI=1S/C13H13FO4S/c14-10-3-1-2-8-6-11(18-13(8)10)12(15)9-4-5-19(16,17)7-9/h1-3,6,9,12,15H,4-5,7H2. The van der Waals surface area contributed by atoms with E-state index in [0.29, 0.717) is 11.8 Å². The molecule has 2 atom stereocenters. The molecule has 1 fully saturated rings. The van der Waals surface area contributed by atoms with Gasteiger partial charge >= 0.3 is 0 Å². The first-order valence-electron chi connectivity index (χ1n) is 6.03. The highest BCUT2D eigenvalue weighted by Gasteiger charge is 2.35. The fraction of sp³-hybridized carbons (Fsp3) is 0.385. The van der Waals surface area contributed by atoms with Gasteiger partial charge in [0.15, 0.2) is 21.2 Å². The second-order valence-corrected chi connectivity index (χ2v) is 7.14. The number of fused-ring (bicyclic) bond motifs is 1. The van der Waals surface area contributed by atoms with Gasteiger partial charge in [-0.3, -0.25) is 0 Å². The number of halogens is 1. The SMILES string of the molecule is O=S1(=O)CCC(C(O)c2cc3cccc(F)c3o2)C1. The molecule has 2 aromatic rings. The van der Waals surface area contributed by atoms with Crippen LogP contribution in [0.2, 0.25) is 0 Å². The Morgan fingerprint density at radius 1 is 1.42 bits per heavy atom. The van der Waals surface area contributed by atoms with Gasteiger partial charge in [0.25, 0.3) is 0 Å². The van der Waals surface area contributed by atoms with E-state index in [1.807, 2.05) is 0 Å². The summed E-state index contributed by atoms with van der Waals surface area (Å²) in [6.07, 6.45) is -0.604. The van der Waals surface area contributed by atoms with E-state index in [-0.39, 0.29) is 28.8 Å². The molecule has 3 rings (SSSR count). The highest BCUT2D eigenvalue weighted by Crippen LogP contribution is 2.34. The predicted octanol–water partition coefficient (Wildman–Crippen LogP) is 2.04. The lowest BCUT2D eigenvalue weighted by Crippen LogP contribution is -2.13.